The molecule has 0 spiro atoms. The molecule has 64 valence electrons. The zero-order valence-electron chi connectivity index (χ0n) is 5.97. The molecule has 1 aromatic rings. The van der Waals surface area contributed by atoms with Crippen molar-refractivity contribution in [3.8, 4) is 0 Å². The Bertz CT molecular complexity index is 316. The van der Waals surface area contributed by atoms with Gasteiger partial charge >= 0.3 is 6.03 Å². The number of hydrogen-bond donors (Lipinski definition) is 2. The Hall–Kier alpha value is -1.10. The first-order valence-corrected chi connectivity index (χ1v) is 3.90. The Morgan fingerprint density at radius 1 is 1.58 bits per heavy atom. The minimum Gasteiger partial charge on any atom is -0.351 e. The number of hydrogen-bond acceptors (Lipinski definition) is 1. The quantitative estimate of drug-likeness (QED) is 0.766. The predicted octanol–water partition coefficient (Wildman–Crippen LogP) is 2.08. The van der Waals surface area contributed by atoms with Crippen molar-refractivity contribution >= 4 is 27.6 Å². The third-order valence-electron chi connectivity index (χ3n) is 1.19. The molecule has 5 heteroatoms. The zero-order valence-corrected chi connectivity index (χ0v) is 7.56. The molecule has 0 saturated heterocycles. The van der Waals surface area contributed by atoms with E-state index < -0.39 is 11.8 Å². The molecule has 0 fully saturated rings. The summed E-state index contributed by atoms with van der Waals surface area (Å²) >= 11 is 3.08. The lowest BCUT2D eigenvalue weighted by Gasteiger charge is -2.02. The van der Waals surface area contributed by atoms with Gasteiger partial charge in [0.25, 0.3) is 0 Å². The second-order valence-corrected chi connectivity index (χ2v) is 3.03. The number of nitrogens with two attached hydrogens (primary N) is 1. The normalized spacial score (nSPS) is 9.50. The van der Waals surface area contributed by atoms with Gasteiger partial charge in [-0.1, -0.05) is 15.9 Å². The standard InChI is InChI=1S/C7H6BrFN2O/c8-4-1-2-6(5(9)3-4)11-7(10)12/h1-3H,(H3,10,11,12). The van der Waals surface area contributed by atoms with Gasteiger partial charge in [0.1, 0.15) is 5.82 Å². The Labute approximate surface area is 76.9 Å². The molecule has 2 amide bonds. The number of anilines is 1. The molecule has 12 heavy (non-hydrogen) atoms. The minimum absolute atomic E-state index is 0.0747. The molecule has 3 N–H and O–H groups in total. The van der Waals surface area contributed by atoms with E-state index in [-0.39, 0.29) is 5.69 Å². The first kappa shape index (κ1) is 8.99. The van der Waals surface area contributed by atoms with Crippen molar-refractivity contribution in [2.75, 3.05) is 5.32 Å². The van der Waals surface area contributed by atoms with Crippen LogP contribution in [0.4, 0.5) is 14.9 Å². The maximum Gasteiger partial charge on any atom is 0.316 e. The SMILES string of the molecule is NC(=O)Nc1ccc(Br)cc1F. The van der Waals surface area contributed by atoms with E-state index in [0.717, 1.165) is 0 Å². The summed E-state index contributed by atoms with van der Waals surface area (Å²) in [6, 6.07) is 3.49. The molecule has 0 heterocycles. The van der Waals surface area contributed by atoms with Crippen molar-refractivity contribution in [2.24, 2.45) is 5.73 Å². The second kappa shape index (κ2) is 3.53. The van der Waals surface area contributed by atoms with E-state index in [1.807, 2.05) is 0 Å². The summed E-state index contributed by atoms with van der Waals surface area (Å²) in [5, 5.41) is 2.14. The van der Waals surface area contributed by atoms with E-state index in [2.05, 4.69) is 21.2 Å². The van der Waals surface area contributed by atoms with Crippen molar-refractivity contribution < 1.29 is 9.18 Å². The molecule has 0 atom stereocenters. The molecule has 0 aromatic heterocycles. The van der Waals surface area contributed by atoms with E-state index in [1.54, 1.807) is 6.07 Å². The van der Waals surface area contributed by atoms with Gasteiger partial charge in [-0.05, 0) is 18.2 Å². The molecule has 0 aliphatic heterocycles. The number of urea groups is 1. The Morgan fingerprint density at radius 2 is 2.25 bits per heavy atom. The van der Waals surface area contributed by atoms with Crippen molar-refractivity contribution in [3.05, 3.63) is 28.5 Å². The fourth-order valence-corrected chi connectivity index (χ4v) is 1.06. The lowest BCUT2D eigenvalue weighted by Crippen LogP contribution is -2.19. The summed E-state index contributed by atoms with van der Waals surface area (Å²) in [6.07, 6.45) is 0. The lowest BCUT2D eigenvalue weighted by molar-refractivity contribution is 0.259. The van der Waals surface area contributed by atoms with Gasteiger partial charge in [0, 0.05) is 4.47 Å². The zero-order chi connectivity index (χ0) is 9.14. The Kier molecular flexibility index (Phi) is 2.65. The minimum atomic E-state index is -0.781. The Morgan fingerprint density at radius 3 is 2.75 bits per heavy atom. The molecule has 0 aliphatic carbocycles. The van der Waals surface area contributed by atoms with E-state index in [4.69, 9.17) is 5.73 Å². The number of carbonyl (C=O) groups excluding carboxylic acids is 1. The molecule has 1 rings (SSSR count). The van der Waals surface area contributed by atoms with Crippen LogP contribution in [-0.4, -0.2) is 6.03 Å². The third kappa shape index (κ3) is 2.20. The van der Waals surface area contributed by atoms with Gasteiger partial charge in [-0.3, -0.25) is 0 Å². The summed E-state index contributed by atoms with van der Waals surface area (Å²) in [5.41, 5.74) is 4.88. The number of carbonyl (C=O) groups is 1. The monoisotopic (exact) mass is 232 g/mol. The van der Waals surface area contributed by atoms with E-state index in [1.165, 1.54) is 12.1 Å². The summed E-state index contributed by atoms with van der Waals surface area (Å²) < 4.78 is 13.5. The summed E-state index contributed by atoms with van der Waals surface area (Å²) in [6.45, 7) is 0. The average Bonchev–Trinajstić information content (AvgIpc) is 1.94. The predicted molar refractivity (Wildman–Crippen MR) is 47.3 cm³/mol. The number of primary amides is 1. The second-order valence-electron chi connectivity index (χ2n) is 2.11. The van der Waals surface area contributed by atoms with Crippen LogP contribution in [0.15, 0.2) is 22.7 Å². The van der Waals surface area contributed by atoms with Gasteiger partial charge in [-0.2, -0.15) is 0 Å². The first-order valence-electron chi connectivity index (χ1n) is 3.11. The van der Waals surface area contributed by atoms with Gasteiger partial charge in [0.2, 0.25) is 0 Å². The Balaban J connectivity index is 2.93. The molecule has 3 nitrogen and oxygen atoms in total. The molecule has 0 saturated carbocycles. The van der Waals surface area contributed by atoms with Crippen LogP contribution >= 0.6 is 15.9 Å². The summed E-state index contributed by atoms with van der Waals surface area (Å²) in [7, 11) is 0. The number of halogens is 2. The van der Waals surface area contributed by atoms with Gasteiger partial charge in [-0.25, -0.2) is 9.18 Å². The maximum atomic E-state index is 12.9. The van der Waals surface area contributed by atoms with Crippen LogP contribution in [0, 0.1) is 5.82 Å². The number of benzene rings is 1. The van der Waals surface area contributed by atoms with Crippen LogP contribution in [0.5, 0.6) is 0 Å². The highest BCUT2D eigenvalue weighted by molar-refractivity contribution is 9.10. The van der Waals surface area contributed by atoms with Crippen LogP contribution in [0.25, 0.3) is 0 Å². The number of rotatable bonds is 1. The third-order valence-corrected chi connectivity index (χ3v) is 1.68. The van der Waals surface area contributed by atoms with E-state index in [9.17, 15) is 9.18 Å². The molecular weight excluding hydrogens is 227 g/mol. The fraction of sp³-hybridized carbons (Fsp3) is 0. The van der Waals surface area contributed by atoms with Gasteiger partial charge in [0.05, 0.1) is 5.69 Å². The van der Waals surface area contributed by atoms with Gasteiger partial charge < -0.3 is 11.1 Å². The van der Waals surface area contributed by atoms with E-state index in [0.29, 0.717) is 4.47 Å². The number of nitrogens with one attached hydrogen (secondary N) is 1. The largest absolute Gasteiger partial charge is 0.351 e. The van der Waals surface area contributed by atoms with Crippen molar-refractivity contribution in [1.29, 1.82) is 0 Å². The molecule has 0 radical (unpaired) electrons. The van der Waals surface area contributed by atoms with Crippen molar-refractivity contribution in [2.45, 2.75) is 0 Å². The molecular formula is C7H6BrFN2O. The molecule has 0 unspecified atom stereocenters. The molecule has 0 bridgehead atoms. The van der Waals surface area contributed by atoms with Crippen molar-refractivity contribution in [1.82, 2.24) is 0 Å². The average molecular weight is 233 g/mol. The lowest BCUT2D eigenvalue weighted by atomic mass is 10.3. The van der Waals surface area contributed by atoms with Crippen LogP contribution in [0.2, 0.25) is 0 Å². The van der Waals surface area contributed by atoms with Gasteiger partial charge in [0.15, 0.2) is 0 Å². The smallest absolute Gasteiger partial charge is 0.316 e. The highest BCUT2D eigenvalue weighted by Crippen LogP contribution is 2.18. The van der Waals surface area contributed by atoms with Crippen LogP contribution < -0.4 is 11.1 Å². The molecule has 0 aliphatic rings. The van der Waals surface area contributed by atoms with Crippen LogP contribution in [0.1, 0.15) is 0 Å². The molecule has 1 aromatic carbocycles. The highest BCUT2D eigenvalue weighted by atomic mass is 79.9. The number of amides is 2. The van der Waals surface area contributed by atoms with E-state index >= 15 is 0 Å². The first-order chi connectivity index (χ1) is 5.59. The summed E-state index contributed by atoms with van der Waals surface area (Å²) in [4.78, 5) is 10.3. The topological polar surface area (TPSA) is 55.1 Å². The van der Waals surface area contributed by atoms with Gasteiger partial charge in [-0.15, -0.1) is 0 Å². The van der Waals surface area contributed by atoms with Crippen LogP contribution in [-0.2, 0) is 0 Å². The highest BCUT2D eigenvalue weighted by Gasteiger charge is 2.03. The fourth-order valence-electron chi connectivity index (χ4n) is 0.724. The maximum absolute atomic E-state index is 12.9. The summed E-state index contributed by atoms with van der Waals surface area (Å²) in [5.74, 6) is -0.525. The van der Waals surface area contributed by atoms with Crippen molar-refractivity contribution in [3.63, 3.8) is 0 Å². The van der Waals surface area contributed by atoms with Crippen LogP contribution in [0.3, 0.4) is 0 Å².